The topological polar surface area (TPSA) is 86.6 Å². The quantitative estimate of drug-likeness (QED) is 0.749. The van der Waals surface area contributed by atoms with Crippen molar-refractivity contribution in [2.75, 3.05) is 0 Å². The smallest absolute Gasteiger partial charge is 0.308 e. The van der Waals surface area contributed by atoms with Crippen LogP contribution in [0.3, 0.4) is 0 Å². The van der Waals surface area contributed by atoms with Gasteiger partial charge in [-0.1, -0.05) is 30.9 Å². The van der Waals surface area contributed by atoms with E-state index in [0.29, 0.717) is 17.9 Å². The van der Waals surface area contributed by atoms with Crippen molar-refractivity contribution in [1.82, 2.24) is 5.32 Å². The minimum Gasteiger partial charge on any atom is -0.507 e. The average molecular weight is 312 g/mol. The van der Waals surface area contributed by atoms with Crippen LogP contribution in [-0.2, 0) is 4.79 Å². The standard InChI is InChI=1S/C15H18ClNO4/c16-9-6-7-13(18)11(8-9)14(19)17-12-5-3-1-2-4-10(12)15(20)21/h6-8,10,12,18H,1-5H2,(H,17,19)(H,20,21). The number of phenolic OH excluding ortho intramolecular Hbond substituents is 1. The first-order valence-corrected chi connectivity index (χ1v) is 7.39. The van der Waals surface area contributed by atoms with Gasteiger partial charge in [0.25, 0.3) is 5.91 Å². The van der Waals surface area contributed by atoms with Crippen LogP contribution in [0.15, 0.2) is 18.2 Å². The van der Waals surface area contributed by atoms with Crippen LogP contribution in [0.4, 0.5) is 0 Å². The van der Waals surface area contributed by atoms with E-state index in [1.54, 1.807) is 0 Å². The molecule has 21 heavy (non-hydrogen) atoms. The zero-order valence-corrected chi connectivity index (χ0v) is 12.3. The maximum Gasteiger partial charge on any atom is 0.308 e. The molecule has 0 radical (unpaired) electrons. The Bertz CT molecular complexity index is 546. The lowest BCUT2D eigenvalue weighted by Gasteiger charge is -2.23. The largest absolute Gasteiger partial charge is 0.507 e. The predicted molar refractivity (Wildman–Crippen MR) is 78.6 cm³/mol. The van der Waals surface area contributed by atoms with E-state index in [0.717, 1.165) is 19.3 Å². The molecule has 1 aromatic rings. The number of rotatable bonds is 3. The fourth-order valence-corrected chi connectivity index (χ4v) is 2.88. The third kappa shape index (κ3) is 3.88. The van der Waals surface area contributed by atoms with Crippen LogP contribution in [0.2, 0.25) is 5.02 Å². The Morgan fingerprint density at radius 3 is 2.62 bits per heavy atom. The fourth-order valence-electron chi connectivity index (χ4n) is 2.71. The molecule has 0 heterocycles. The summed E-state index contributed by atoms with van der Waals surface area (Å²) >= 11 is 5.82. The summed E-state index contributed by atoms with van der Waals surface area (Å²) in [6, 6.07) is 3.78. The Labute approximate surface area is 127 Å². The first-order chi connectivity index (χ1) is 9.99. The van der Waals surface area contributed by atoms with E-state index < -0.39 is 23.8 Å². The Morgan fingerprint density at radius 1 is 1.19 bits per heavy atom. The molecule has 5 nitrogen and oxygen atoms in total. The molecular formula is C15H18ClNO4. The number of carbonyl (C=O) groups excluding carboxylic acids is 1. The molecule has 1 aromatic carbocycles. The van der Waals surface area contributed by atoms with Gasteiger partial charge in [-0.05, 0) is 31.0 Å². The van der Waals surface area contributed by atoms with E-state index in [4.69, 9.17) is 11.6 Å². The van der Waals surface area contributed by atoms with E-state index in [9.17, 15) is 19.8 Å². The van der Waals surface area contributed by atoms with Crippen molar-refractivity contribution in [1.29, 1.82) is 0 Å². The highest BCUT2D eigenvalue weighted by atomic mass is 35.5. The van der Waals surface area contributed by atoms with Crippen LogP contribution in [0.25, 0.3) is 0 Å². The lowest BCUT2D eigenvalue weighted by molar-refractivity contribution is -0.142. The second-order valence-corrected chi connectivity index (χ2v) is 5.76. The van der Waals surface area contributed by atoms with Crippen LogP contribution in [0.5, 0.6) is 5.75 Å². The molecule has 3 N–H and O–H groups in total. The third-order valence-electron chi connectivity index (χ3n) is 3.85. The number of aliphatic carboxylic acids is 1. The molecule has 0 bridgehead atoms. The molecule has 0 aromatic heterocycles. The van der Waals surface area contributed by atoms with Crippen molar-refractivity contribution >= 4 is 23.5 Å². The van der Waals surface area contributed by atoms with Crippen molar-refractivity contribution in [3.63, 3.8) is 0 Å². The highest BCUT2D eigenvalue weighted by Gasteiger charge is 2.31. The molecule has 1 fully saturated rings. The lowest BCUT2D eigenvalue weighted by Crippen LogP contribution is -2.42. The molecule has 114 valence electrons. The van der Waals surface area contributed by atoms with Gasteiger partial charge in [0.1, 0.15) is 5.75 Å². The molecule has 1 aliphatic rings. The van der Waals surface area contributed by atoms with Gasteiger partial charge in [0.2, 0.25) is 0 Å². The normalized spacial score (nSPS) is 22.3. The number of amides is 1. The zero-order chi connectivity index (χ0) is 15.4. The number of nitrogens with one attached hydrogen (secondary N) is 1. The number of phenols is 1. The number of aromatic hydroxyl groups is 1. The van der Waals surface area contributed by atoms with Gasteiger partial charge in [0.15, 0.2) is 0 Å². The van der Waals surface area contributed by atoms with Crippen molar-refractivity contribution in [3.05, 3.63) is 28.8 Å². The van der Waals surface area contributed by atoms with E-state index in [1.807, 2.05) is 0 Å². The molecule has 2 unspecified atom stereocenters. The van der Waals surface area contributed by atoms with Crippen molar-refractivity contribution in [2.45, 2.75) is 38.1 Å². The number of hydrogen-bond acceptors (Lipinski definition) is 3. The fraction of sp³-hybridized carbons (Fsp3) is 0.467. The second kappa shape index (κ2) is 6.80. The highest BCUT2D eigenvalue weighted by molar-refractivity contribution is 6.31. The van der Waals surface area contributed by atoms with Crippen LogP contribution in [-0.4, -0.2) is 28.1 Å². The molecular weight excluding hydrogens is 294 g/mol. The van der Waals surface area contributed by atoms with Crippen molar-refractivity contribution in [2.24, 2.45) is 5.92 Å². The first-order valence-electron chi connectivity index (χ1n) is 7.01. The number of halogens is 1. The Hall–Kier alpha value is -1.75. The Kier molecular flexibility index (Phi) is 5.07. The molecule has 0 saturated heterocycles. The summed E-state index contributed by atoms with van der Waals surface area (Å²) in [5, 5.41) is 22.1. The number of carboxylic acids is 1. The van der Waals surface area contributed by atoms with Gasteiger partial charge in [-0.2, -0.15) is 0 Å². The van der Waals surface area contributed by atoms with E-state index in [1.165, 1.54) is 18.2 Å². The van der Waals surface area contributed by atoms with Crippen molar-refractivity contribution in [3.8, 4) is 5.75 Å². The molecule has 1 amide bonds. The average Bonchev–Trinajstić information content (AvgIpc) is 2.67. The second-order valence-electron chi connectivity index (χ2n) is 5.32. The summed E-state index contributed by atoms with van der Waals surface area (Å²) in [4.78, 5) is 23.6. The third-order valence-corrected chi connectivity index (χ3v) is 4.09. The van der Waals surface area contributed by atoms with E-state index in [2.05, 4.69) is 5.32 Å². The van der Waals surface area contributed by atoms with Crippen LogP contribution in [0, 0.1) is 5.92 Å². The number of carboxylic acid groups (broad SMARTS) is 1. The maximum absolute atomic E-state index is 12.2. The molecule has 0 spiro atoms. The summed E-state index contributed by atoms with van der Waals surface area (Å²) in [6.45, 7) is 0. The van der Waals surface area contributed by atoms with E-state index >= 15 is 0 Å². The van der Waals surface area contributed by atoms with Gasteiger partial charge in [-0.25, -0.2) is 0 Å². The molecule has 6 heteroatoms. The summed E-state index contributed by atoms with van der Waals surface area (Å²) in [6.07, 6.45) is 3.90. The van der Waals surface area contributed by atoms with Gasteiger partial charge in [0, 0.05) is 11.1 Å². The highest BCUT2D eigenvalue weighted by Crippen LogP contribution is 2.26. The number of carbonyl (C=O) groups is 2. The summed E-state index contributed by atoms with van der Waals surface area (Å²) < 4.78 is 0. The van der Waals surface area contributed by atoms with Crippen LogP contribution < -0.4 is 5.32 Å². The van der Waals surface area contributed by atoms with Gasteiger partial charge >= 0.3 is 5.97 Å². The Morgan fingerprint density at radius 2 is 1.90 bits per heavy atom. The molecule has 1 aliphatic carbocycles. The first kappa shape index (κ1) is 15.6. The van der Waals surface area contributed by atoms with E-state index in [-0.39, 0.29) is 11.3 Å². The summed E-state index contributed by atoms with van der Waals surface area (Å²) in [5.41, 5.74) is 0.0656. The number of hydrogen-bond donors (Lipinski definition) is 3. The predicted octanol–water partition coefficient (Wildman–Crippen LogP) is 2.81. The lowest BCUT2D eigenvalue weighted by atomic mass is 9.94. The minimum absolute atomic E-state index is 0.0656. The monoisotopic (exact) mass is 311 g/mol. The minimum atomic E-state index is -0.891. The molecule has 0 aliphatic heterocycles. The van der Waals surface area contributed by atoms with Gasteiger partial charge in [-0.15, -0.1) is 0 Å². The van der Waals surface area contributed by atoms with Gasteiger partial charge in [-0.3, -0.25) is 9.59 Å². The maximum atomic E-state index is 12.2. The van der Waals surface area contributed by atoms with Gasteiger partial charge < -0.3 is 15.5 Å². The van der Waals surface area contributed by atoms with Gasteiger partial charge in [0.05, 0.1) is 11.5 Å². The van der Waals surface area contributed by atoms with Crippen LogP contribution >= 0.6 is 11.6 Å². The zero-order valence-electron chi connectivity index (χ0n) is 11.5. The molecule has 2 atom stereocenters. The SMILES string of the molecule is O=C(NC1CCCCCC1C(=O)O)c1cc(Cl)ccc1O. The molecule has 1 saturated carbocycles. The molecule has 2 rings (SSSR count). The Balaban J connectivity index is 2.16. The van der Waals surface area contributed by atoms with Crippen LogP contribution in [0.1, 0.15) is 42.5 Å². The number of benzene rings is 1. The summed E-state index contributed by atoms with van der Waals surface area (Å²) in [5.74, 6) is -2.14. The van der Waals surface area contributed by atoms with Crippen molar-refractivity contribution < 1.29 is 19.8 Å². The summed E-state index contributed by atoms with van der Waals surface area (Å²) in [7, 11) is 0.